The van der Waals surface area contributed by atoms with Gasteiger partial charge >= 0.3 is 5.97 Å². The maximum Gasteiger partial charge on any atom is 0.304 e. The van der Waals surface area contributed by atoms with Crippen LogP contribution in [-0.4, -0.2) is 33.3 Å². The van der Waals surface area contributed by atoms with Crippen molar-refractivity contribution in [2.75, 3.05) is 11.5 Å². The second kappa shape index (κ2) is 9.62. The lowest BCUT2D eigenvalue weighted by atomic mass is 9.93. The van der Waals surface area contributed by atoms with Crippen molar-refractivity contribution in [1.82, 2.24) is 0 Å². The van der Waals surface area contributed by atoms with Crippen LogP contribution in [-0.2, 0) is 4.79 Å². The van der Waals surface area contributed by atoms with E-state index >= 15 is 0 Å². The highest BCUT2D eigenvalue weighted by molar-refractivity contribution is 8.76. The van der Waals surface area contributed by atoms with E-state index in [1.807, 2.05) is 0 Å². The van der Waals surface area contributed by atoms with Crippen LogP contribution < -0.4 is 0 Å². The van der Waals surface area contributed by atoms with E-state index < -0.39 is 11.6 Å². The first-order chi connectivity index (χ1) is 8.04. The Morgan fingerprint density at radius 2 is 1.71 bits per heavy atom. The van der Waals surface area contributed by atoms with Crippen LogP contribution in [0.4, 0.5) is 0 Å². The summed E-state index contributed by atoms with van der Waals surface area (Å²) in [7, 11) is 3.13. The number of rotatable bonds is 11. The molecule has 0 saturated heterocycles. The number of aliphatic carboxylic acids is 1. The van der Waals surface area contributed by atoms with Gasteiger partial charge in [0.05, 0.1) is 12.0 Å². The number of hydrogen-bond acceptors (Lipinski definition) is 4. The summed E-state index contributed by atoms with van der Waals surface area (Å²) in [6.45, 7) is 7.27. The highest BCUT2D eigenvalue weighted by atomic mass is 33.1. The Bertz CT molecular complexity index is 244. The van der Waals surface area contributed by atoms with E-state index in [0.717, 1.165) is 5.75 Å². The van der Waals surface area contributed by atoms with E-state index in [9.17, 15) is 9.90 Å². The van der Waals surface area contributed by atoms with E-state index in [4.69, 9.17) is 5.11 Å². The van der Waals surface area contributed by atoms with Gasteiger partial charge in [-0.05, 0) is 19.3 Å². The van der Waals surface area contributed by atoms with Gasteiger partial charge in [0, 0.05) is 11.5 Å². The summed E-state index contributed by atoms with van der Waals surface area (Å²) in [5.41, 5.74) is -0.746. The van der Waals surface area contributed by atoms with Gasteiger partial charge in [-0.2, -0.15) is 0 Å². The summed E-state index contributed by atoms with van der Waals surface area (Å²) in [6.07, 6.45) is 5.38. The highest BCUT2D eigenvalue weighted by Gasteiger charge is 2.22. The lowest BCUT2D eigenvalue weighted by molar-refractivity contribution is -0.136. The van der Waals surface area contributed by atoms with Crippen molar-refractivity contribution in [3.63, 3.8) is 0 Å². The molecule has 0 unspecified atom stereocenters. The molecule has 0 radical (unpaired) electrons. The van der Waals surface area contributed by atoms with Crippen LogP contribution in [0.5, 0.6) is 0 Å². The van der Waals surface area contributed by atoms with Gasteiger partial charge < -0.3 is 10.2 Å². The number of aliphatic hydroxyl groups is 1. The zero-order valence-electron chi connectivity index (χ0n) is 9.93. The molecule has 0 fully saturated rings. The van der Waals surface area contributed by atoms with Crippen molar-refractivity contribution in [3.05, 3.63) is 25.3 Å². The zero-order chi connectivity index (χ0) is 13.1. The van der Waals surface area contributed by atoms with Crippen LogP contribution in [0, 0.1) is 0 Å². The van der Waals surface area contributed by atoms with E-state index in [2.05, 4.69) is 13.2 Å². The van der Waals surface area contributed by atoms with Crippen LogP contribution in [0.2, 0.25) is 0 Å². The summed E-state index contributed by atoms with van der Waals surface area (Å²) < 4.78 is 0. The van der Waals surface area contributed by atoms with Gasteiger partial charge in [-0.3, -0.25) is 4.79 Å². The number of carboxylic acid groups (broad SMARTS) is 1. The van der Waals surface area contributed by atoms with Gasteiger partial charge in [-0.25, -0.2) is 0 Å². The lowest BCUT2D eigenvalue weighted by Crippen LogP contribution is -2.27. The Balaban J connectivity index is 3.71. The molecule has 17 heavy (non-hydrogen) atoms. The molecular formula is C12H20O3S2. The van der Waals surface area contributed by atoms with E-state index in [-0.39, 0.29) is 6.42 Å². The molecule has 3 nitrogen and oxygen atoms in total. The molecule has 0 aromatic rings. The summed E-state index contributed by atoms with van der Waals surface area (Å²) in [5, 5.41) is 18.7. The fraction of sp³-hybridized carbons (Fsp3) is 0.583. The molecule has 5 heteroatoms. The van der Waals surface area contributed by atoms with Crippen LogP contribution >= 0.6 is 21.6 Å². The van der Waals surface area contributed by atoms with E-state index in [1.165, 1.54) is 10.8 Å². The Morgan fingerprint density at radius 3 is 2.18 bits per heavy atom. The molecule has 2 N–H and O–H groups in total. The third-order valence-electron chi connectivity index (χ3n) is 2.18. The maximum absolute atomic E-state index is 10.3. The van der Waals surface area contributed by atoms with E-state index in [0.29, 0.717) is 25.0 Å². The van der Waals surface area contributed by atoms with Crippen molar-refractivity contribution in [2.45, 2.75) is 31.3 Å². The van der Waals surface area contributed by atoms with E-state index in [1.54, 1.807) is 22.9 Å². The number of carboxylic acids is 1. The van der Waals surface area contributed by atoms with Gasteiger partial charge in [0.1, 0.15) is 0 Å². The van der Waals surface area contributed by atoms with Crippen LogP contribution in [0.25, 0.3) is 0 Å². The average molecular weight is 276 g/mol. The first kappa shape index (κ1) is 16.6. The quantitative estimate of drug-likeness (QED) is 0.345. The Hall–Kier alpha value is -0.390. The molecule has 0 aliphatic rings. The molecule has 98 valence electrons. The molecule has 0 atom stereocenters. The van der Waals surface area contributed by atoms with Crippen molar-refractivity contribution in [2.24, 2.45) is 0 Å². The summed E-state index contributed by atoms with van der Waals surface area (Å²) in [5.74, 6) is 0.622. The monoisotopic (exact) mass is 276 g/mol. The third-order valence-corrected chi connectivity index (χ3v) is 4.59. The second-order valence-electron chi connectivity index (χ2n) is 3.75. The normalized spacial score (nSPS) is 11.1. The molecule has 0 aliphatic heterocycles. The highest BCUT2D eigenvalue weighted by Crippen LogP contribution is 2.28. The SMILES string of the molecule is C=CCC(O)(CC=C)CCSSCCC(=O)O. The van der Waals surface area contributed by atoms with Gasteiger partial charge in [-0.1, -0.05) is 33.7 Å². The van der Waals surface area contributed by atoms with Gasteiger partial charge in [-0.15, -0.1) is 13.2 Å². The fourth-order valence-electron chi connectivity index (χ4n) is 1.30. The van der Waals surface area contributed by atoms with Crippen molar-refractivity contribution in [1.29, 1.82) is 0 Å². The molecule has 0 spiro atoms. The molecule has 0 aliphatic carbocycles. The lowest BCUT2D eigenvalue weighted by Gasteiger charge is -2.25. The molecule has 0 heterocycles. The molecule has 0 rings (SSSR count). The van der Waals surface area contributed by atoms with Gasteiger partial charge in [0.25, 0.3) is 0 Å². The second-order valence-corrected chi connectivity index (χ2v) is 6.45. The molecular weight excluding hydrogens is 256 g/mol. The summed E-state index contributed by atoms with van der Waals surface area (Å²) in [4.78, 5) is 10.3. The van der Waals surface area contributed by atoms with Gasteiger partial charge in [0.2, 0.25) is 0 Å². The molecule has 0 saturated carbocycles. The van der Waals surface area contributed by atoms with Crippen molar-refractivity contribution < 1.29 is 15.0 Å². The minimum Gasteiger partial charge on any atom is -0.481 e. The number of hydrogen-bond donors (Lipinski definition) is 2. The minimum atomic E-state index is -0.770. The largest absolute Gasteiger partial charge is 0.481 e. The average Bonchev–Trinajstić information content (AvgIpc) is 2.23. The number of carbonyl (C=O) groups is 1. The van der Waals surface area contributed by atoms with Crippen LogP contribution in [0.3, 0.4) is 0 Å². The third kappa shape index (κ3) is 9.32. The fourth-order valence-corrected chi connectivity index (χ4v) is 3.47. The predicted octanol–water partition coefficient (Wildman–Crippen LogP) is 3.12. The zero-order valence-corrected chi connectivity index (χ0v) is 11.6. The molecule has 0 bridgehead atoms. The Morgan fingerprint density at radius 1 is 1.18 bits per heavy atom. The Labute approximate surface area is 111 Å². The first-order valence-electron chi connectivity index (χ1n) is 5.44. The van der Waals surface area contributed by atoms with Crippen LogP contribution in [0.1, 0.15) is 25.7 Å². The smallest absolute Gasteiger partial charge is 0.304 e. The van der Waals surface area contributed by atoms with Crippen molar-refractivity contribution in [3.8, 4) is 0 Å². The molecule has 0 aromatic heterocycles. The van der Waals surface area contributed by atoms with Crippen LogP contribution in [0.15, 0.2) is 25.3 Å². The predicted molar refractivity (Wildman–Crippen MR) is 76.4 cm³/mol. The minimum absolute atomic E-state index is 0.182. The molecule has 0 amide bonds. The summed E-state index contributed by atoms with van der Waals surface area (Å²) >= 11 is 0. The van der Waals surface area contributed by atoms with Gasteiger partial charge in [0.15, 0.2) is 0 Å². The molecule has 0 aromatic carbocycles. The van der Waals surface area contributed by atoms with Crippen molar-refractivity contribution >= 4 is 27.6 Å². The topological polar surface area (TPSA) is 57.5 Å². The Kier molecular flexibility index (Phi) is 9.40. The summed E-state index contributed by atoms with van der Waals surface area (Å²) in [6, 6.07) is 0. The first-order valence-corrected chi connectivity index (χ1v) is 7.93. The standard InChI is InChI=1S/C12H20O3S2/c1-3-6-12(15,7-4-2)8-10-17-16-9-5-11(13)14/h3-4,15H,1-2,5-10H2,(H,13,14). The maximum atomic E-state index is 10.3.